The van der Waals surface area contributed by atoms with E-state index in [0.717, 1.165) is 36.2 Å². The van der Waals surface area contributed by atoms with Crippen LogP contribution in [0.25, 0.3) is 5.76 Å². The highest BCUT2D eigenvalue weighted by Crippen LogP contribution is 2.46. The lowest BCUT2D eigenvalue weighted by atomic mass is 9.95. The number of thioether (sulfide) groups is 1. The summed E-state index contributed by atoms with van der Waals surface area (Å²) < 4.78 is 37.2. The van der Waals surface area contributed by atoms with Gasteiger partial charge in [0.15, 0.2) is 27.3 Å². The molecule has 10 nitrogen and oxygen atoms in total. The number of carbonyl (C=O) groups is 2. The summed E-state index contributed by atoms with van der Waals surface area (Å²) >= 11 is 2.51. The van der Waals surface area contributed by atoms with Gasteiger partial charge in [0.05, 0.1) is 24.8 Å². The van der Waals surface area contributed by atoms with Crippen molar-refractivity contribution in [2.75, 3.05) is 31.3 Å². The summed E-state index contributed by atoms with van der Waals surface area (Å²) in [5, 5.41) is 20.4. The molecule has 2 aliphatic rings. The summed E-state index contributed by atoms with van der Waals surface area (Å²) in [7, 11) is 0. The summed E-state index contributed by atoms with van der Waals surface area (Å²) in [6, 6.07) is 15.2. The lowest BCUT2D eigenvalue weighted by molar-refractivity contribution is -0.132. The third-order valence-electron chi connectivity index (χ3n) is 7.73. The monoisotopic (exact) mass is 691 g/mol. The van der Waals surface area contributed by atoms with Crippen molar-refractivity contribution in [2.24, 2.45) is 0 Å². The fourth-order valence-electron chi connectivity index (χ4n) is 5.39. The molecule has 250 valence electrons. The number of Topliss-reactive ketones (excluding diaryl/α,β-unsaturated/α-hetero) is 1. The Bertz CT molecular complexity index is 1830. The maximum atomic E-state index is 13.8. The quantitative estimate of drug-likeness (QED) is 0.0381. The zero-order chi connectivity index (χ0) is 33.6. The number of aliphatic hydroxyl groups is 1. The fraction of sp³-hybridized carbons (Fsp3) is 0.314. The Morgan fingerprint density at radius 3 is 2.54 bits per heavy atom. The van der Waals surface area contributed by atoms with Crippen LogP contribution < -0.4 is 23.8 Å². The van der Waals surface area contributed by atoms with Gasteiger partial charge in [-0.3, -0.25) is 14.5 Å². The number of aliphatic hydroxyl groups excluding tert-OH is 1. The van der Waals surface area contributed by atoms with E-state index in [2.05, 4.69) is 17.1 Å². The number of fused-ring (bicyclic) bond motifs is 1. The van der Waals surface area contributed by atoms with Crippen LogP contribution in [-0.2, 0) is 15.3 Å². The van der Waals surface area contributed by atoms with Gasteiger partial charge >= 0.3 is 5.91 Å². The van der Waals surface area contributed by atoms with Gasteiger partial charge in [-0.2, -0.15) is 0 Å². The number of anilines is 1. The molecule has 0 aliphatic carbocycles. The molecule has 1 atom stereocenters. The molecule has 1 saturated heterocycles. The van der Waals surface area contributed by atoms with Gasteiger partial charge in [0.25, 0.3) is 5.78 Å². The second-order valence-corrected chi connectivity index (χ2v) is 13.2. The van der Waals surface area contributed by atoms with Crippen LogP contribution in [0, 0.1) is 5.82 Å². The number of ketones is 1. The molecule has 3 aromatic carbocycles. The number of ether oxygens (including phenoxy) is 4. The van der Waals surface area contributed by atoms with Gasteiger partial charge in [-0.25, -0.2) is 4.39 Å². The van der Waals surface area contributed by atoms with Crippen molar-refractivity contribution in [3.63, 3.8) is 0 Å². The zero-order valence-electron chi connectivity index (χ0n) is 26.4. The number of nitrogens with zero attached hydrogens (tertiary/aromatic N) is 3. The summed E-state index contributed by atoms with van der Waals surface area (Å²) in [5.74, 6) is 0.00236. The Kier molecular flexibility index (Phi) is 10.5. The van der Waals surface area contributed by atoms with E-state index in [1.165, 1.54) is 28.8 Å². The fourth-order valence-corrected chi connectivity index (χ4v) is 7.22. The van der Waals surface area contributed by atoms with Gasteiger partial charge in [0.1, 0.15) is 24.8 Å². The molecule has 1 N–H and O–H groups in total. The number of hydrogen-bond acceptors (Lipinski definition) is 11. The van der Waals surface area contributed by atoms with Gasteiger partial charge in [-0.1, -0.05) is 61.1 Å². The molecule has 3 heterocycles. The number of hydrogen-bond donors (Lipinski definition) is 1. The third kappa shape index (κ3) is 7.12. The molecular formula is C35H34FN3O7S2. The van der Waals surface area contributed by atoms with E-state index >= 15 is 0 Å². The molecule has 6 rings (SSSR count). The van der Waals surface area contributed by atoms with Gasteiger partial charge in [-0.05, 0) is 66.9 Å². The number of unbranched alkanes of at least 4 members (excludes halogenated alkanes) is 2. The second-order valence-electron chi connectivity index (χ2n) is 11.0. The SMILES string of the molecule is CCCCCOc1ccc(C2C(=C(O)c3ccc4c(c3)OCCO4)C(=O)C(=O)N2c2nnc(SCc3ccc(F)cc3)s2)cc1OCC. The lowest BCUT2D eigenvalue weighted by Crippen LogP contribution is -2.29. The van der Waals surface area contributed by atoms with Gasteiger partial charge in [0, 0.05) is 11.3 Å². The topological polar surface area (TPSA) is 120 Å². The van der Waals surface area contributed by atoms with Crippen LogP contribution in [0.3, 0.4) is 0 Å². The largest absolute Gasteiger partial charge is 0.507 e. The number of rotatable bonds is 13. The normalized spacial score (nSPS) is 16.7. The van der Waals surface area contributed by atoms with Crippen LogP contribution in [0.5, 0.6) is 23.0 Å². The van der Waals surface area contributed by atoms with Crippen molar-refractivity contribution in [1.82, 2.24) is 10.2 Å². The van der Waals surface area contributed by atoms with Crippen molar-refractivity contribution in [3.8, 4) is 23.0 Å². The molecule has 2 aliphatic heterocycles. The maximum absolute atomic E-state index is 13.8. The molecular weight excluding hydrogens is 658 g/mol. The van der Waals surface area contributed by atoms with Gasteiger partial charge in [0.2, 0.25) is 5.13 Å². The van der Waals surface area contributed by atoms with E-state index in [0.29, 0.717) is 65.1 Å². The molecule has 4 aromatic rings. The summed E-state index contributed by atoms with van der Waals surface area (Å²) in [6.07, 6.45) is 2.97. The first-order chi connectivity index (χ1) is 23.4. The van der Waals surface area contributed by atoms with Crippen LogP contribution >= 0.6 is 23.1 Å². The summed E-state index contributed by atoms with van der Waals surface area (Å²) in [6.45, 7) is 5.58. The number of amides is 1. The lowest BCUT2D eigenvalue weighted by Gasteiger charge is -2.24. The Labute approximate surface area is 285 Å². The smallest absolute Gasteiger partial charge is 0.301 e. The van der Waals surface area contributed by atoms with Crippen LogP contribution in [0.1, 0.15) is 55.8 Å². The Morgan fingerprint density at radius 2 is 1.77 bits per heavy atom. The Morgan fingerprint density at radius 1 is 0.979 bits per heavy atom. The van der Waals surface area contributed by atoms with Crippen molar-refractivity contribution >= 4 is 45.7 Å². The highest BCUT2D eigenvalue weighted by Gasteiger charge is 2.48. The van der Waals surface area contributed by atoms with E-state index in [1.54, 1.807) is 48.5 Å². The van der Waals surface area contributed by atoms with E-state index < -0.39 is 17.7 Å². The first kappa shape index (κ1) is 33.3. The highest BCUT2D eigenvalue weighted by atomic mass is 32.2. The third-order valence-corrected chi connectivity index (χ3v) is 9.85. The maximum Gasteiger partial charge on any atom is 0.301 e. The van der Waals surface area contributed by atoms with E-state index in [-0.39, 0.29) is 27.8 Å². The first-order valence-electron chi connectivity index (χ1n) is 15.7. The molecule has 1 unspecified atom stereocenters. The number of aromatic nitrogens is 2. The van der Waals surface area contributed by atoms with Crippen molar-refractivity contribution in [1.29, 1.82) is 0 Å². The molecule has 0 bridgehead atoms. The number of halogens is 1. The molecule has 1 fully saturated rings. The predicted octanol–water partition coefficient (Wildman–Crippen LogP) is 7.33. The Balaban J connectivity index is 1.40. The molecule has 0 saturated carbocycles. The predicted molar refractivity (Wildman–Crippen MR) is 181 cm³/mol. The molecule has 0 spiro atoms. The van der Waals surface area contributed by atoms with Crippen LogP contribution in [0.15, 0.2) is 70.6 Å². The van der Waals surface area contributed by atoms with Crippen molar-refractivity contribution in [3.05, 3.63) is 88.7 Å². The minimum atomic E-state index is -1.06. The zero-order valence-corrected chi connectivity index (χ0v) is 28.1. The number of carbonyl (C=O) groups excluding carboxylic acids is 2. The molecule has 1 aromatic heterocycles. The summed E-state index contributed by atoms with van der Waals surface area (Å²) in [4.78, 5) is 28.9. The van der Waals surface area contributed by atoms with Crippen LogP contribution in [0.4, 0.5) is 9.52 Å². The van der Waals surface area contributed by atoms with Crippen molar-refractivity contribution in [2.45, 2.75) is 49.2 Å². The van der Waals surface area contributed by atoms with Crippen molar-refractivity contribution < 1.29 is 38.0 Å². The Hall–Kier alpha value is -4.62. The van der Waals surface area contributed by atoms with Crippen LogP contribution in [0.2, 0.25) is 0 Å². The first-order valence-corrected chi connectivity index (χ1v) is 17.5. The summed E-state index contributed by atoms with van der Waals surface area (Å²) in [5.41, 5.74) is 1.56. The molecule has 0 radical (unpaired) electrons. The molecule has 48 heavy (non-hydrogen) atoms. The molecule has 13 heteroatoms. The minimum absolute atomic E-state index is 0.119. The van der Waals surface area contributed by atoms with Crippen LogP contribution in [-0.4, -0.2) is 53.4 Å². The van der Waals surface area contributed by atoms with Gasteiger partial charge in [-0.15, -0.1) is 10.2 Å². The minimum Gasteiger partial charge on any atom is -0.507 e. The second kappa shape index (κ2) is 15.1. The average molecular weight is 692 g/mol. The highest BCUT2D eigenvalue weighted by molar-refractivity contribution is 8.00. The van der Waals surface area contributed by atoms with E-state index in [4.69, 9.17) is 18.9 Å². The van der Waals surface area contributed by atoms with E-state index in [1.807, 2.05) is 6.92 Å². The van der Waals surface area contributed by atoms with E-state index in [9.17, 15) is 19.1 Å². The molecule has 1 amide bonds. The standard InChI is InChI=1S/C35H34FN3O7S2/c1-3-5-6-15-44-25-13-9-22(18-27(25)43-4-2)30-29(31(40)23-10-14-26-28(19-23)46-17-16-45-26)32(41)33(42)39(30)34-37-38-35(48-34)47-20-21-7-11-24(36)12-8-21/h7-14,18-19,30,40H,3-6,15-17,20H2,1-2H3. The number of benzene rings is 3. The van der Waals surface area contributed by atoms with Gasteiger partial charge < -0.3 is 24.1 Å². The average Bonchev–Trinajstić information content (AvgIpc) is 3.68.